The first-order valence-corrected chi connectivity index (χ1v) is 9.39. The van der Waals surface area contributed by atoms with Crippen LogP contribution < -0.4 is 11.1 Å². The number of hydrogen-bond acceptors (Lipinski definition) is 6. The Balaban J connectivity index is 1.67. The van der Waals surface area contributed by atoms with Crippen molar-refractivity contribution < 1.29 is 19.8 Å². The third-order valence-electron chi connectivity index (χ3n) is 5.14. The second-order valence-corrected chi connectivity index (χ2v) is 8.23. The molecule has 3 aliphatic rings. The summed E-state index contributed by atoms with van der Waals surface area (Å²) in [7, 11) is 0. The van der Waals surface area contributed by atoms with Gasteiger partial charge in [0.15, 0.2) is 0 Å². The summed E-state index contributed by atoms with van der Waals surface area (Å²) in [5, 5.41) is 23.1. The van der Waals surface area contributed by atoms with Crippen LogP contribution in [-0.4, -0.2) is 63.5 Å². The van der Waals surface area contributed by atoms with E-state index in [1.807, 2.05) is 0 Å². The normalized spacial score (nSPS) is 33.6. The average Bonchev–Trinajstić information content (AvgIpc) is 3.07. The number of rotatable bonds is 7. The Kier molecular flexibility index (Phi) is 5.19. The van der Waals surface area contributed by atoms with Crippen LogP contribution in [0.2, 0.25) is 0 Å². The van der Waals surface area contributed by atoms with Crippen molar-refractivity contribution in [2.75, 3.05) is 13.1 Å². The first-order chi connectivity index (χ1) is 11.4. The monoisotopic (exact) mass is 355 g/mol. The van der Waals surface area contributed by atoms with Gasteiger partial charge in [-0.05, 0) is 32.7 Å². The first-order valence-electron chi connectivity index (χ1n) is 8.51. The molecule has 0 saturated carbocycles. The Morgan fingerprint density at radius 1 is 1.54 bits per heavy atom. The molecule has 0 spiro atoms. The minimum Gasteiger partial charge on any atom is -0.477 e. The van der Waals surface area contributed by atoms with Gasteiger partial charge in [0.25, 0.3) is 0 Å². The van der Waals surface area contributed by atoms with E-state index in [1.54, 1.807) is 18.7 Å². The van der Waals surface area contributed by atoms with Crippen molar-refractivity contribution in [1.29, 1.82) is 0 Å². The van der Waals surface area contributed by atoms with Crippen LogP contribution in [0.4, 0.5) is 0 Å². The third-order valence-corrected chi connectivity index (χ3v) is 6.47. The van der Waals surface area contributed by atoms with Crippen LogP contribution in [-0.2, 0) is 9.59 Å². The fourth-order valence-electron chi connectivity index (χ4n) is 3.99. The SMILES string of the molecule is C[C@@H](O)[C@H]1C(=O)N2C(C(=O)O)=C(S[C@@H]3CN[C@H](CCCN)C3)C[C@H]12. The second kappa shape index (κ2) is 7.03. The van der Waals surface area contributed by atoms with E-state index in [1.165, 1.54) is 4.90 Å². The zero-order chi connectivity index (χ0) is 17.4. The van der Waals surface area contributed by atoms with Gasteiger partial charge in [-0.25, -0.2) is 4.79 Å². The van der Waals surface area contributed by atoms with E-state index in [2.05, 4.69) is 5.32 Å². The summed E-state index contributed by atoms with van der Waals surface area (Å²) in [6.07, 6.45) is 2.80. The van der Waals surface area contributed by atoms with Crippen molar-refractivity contribution in [1.82, 2.24) is 10.2 Å². The van der Waals surface area contributed by atoms with Crippen molar-refractivity contribution in [2.24, 2.45) is 11.7 Å². The van der Waals surface area contributed by atoms with Gasteiger partial charge in [-0.1, -0.05) is 0 Å². The number of carbonyl (C=O) groups excluding carboxylic acids is 1. The molecule has 0 bridgehead atoms. The van der Waals surface area contributed by atoms with Gasteiger partial charge in [-0.2, -0.15) is 0 Å². The summed E-state index contributed by atoms with van der Waals surface area (Å²) in [6, 6.07) is 0.235. The standard InChI is InChI=1S/C16H25N3O4S/c1-8(20)13-11-6-12(14(16(22)23)19(11)15(13)21)24-10-5-9(18-7-10)3-2-4-17/h8-11,13,18,20H,2-7,17H2,1H3,(H,22,23)/t8-,9-,10+,11-,13-/m1/s1. The molecule has 0 aliphatic carbocycles. The molecule has 0 unspecified atom stereocenters. The highest BCUT2D eigenvalue weighted by Gasteiger charge is 2.57. The van der Waals surface area contributed by atoms with Crippen LogP contribution >= 0.6 is 11.8 Å². The van der Waals surface area contributed by atoms with Gasteiger partial charge < -0.3 is 26.2 Å². The summed E-state index contributed by atoms with van der Waals surface area (Å²) in [5.41, 5.74) is 5.67. The van der Waals surface area contributed by atoms with E-state index in [9.17, 15) is 19.8 Å². The van der Waals surface area contributed by atoms with E-state index in [4.69, 9.17) is 5.73 Å². The molecule has 5 atom stereocenters. The molecule has 0 aromatic heterocycles. The number of carboxylic acids is 1. The number of hydrogen-bond donors (Lipinski definition) is 4. The van der Waals surface area contributed by atoms with E-state index < -0.39 is 18.0 Å². The van der Waals surface area contributed by atoms with Gasteiger partial charge in [-0.3, -0.25) is 4.79 Å². The molecule has 1 amide bonds. The zero-order valence-corrected chi connectivity index (χ0v) is 14.6. The number of thioether (sulfide) groups is 1. The molecule has 3 aliphatic heterocycles. The van der Waals surface area contributed by atoms with Crippen molar-refractivity contribution >= 4 is 23.6 Å². The molecule has 5 N–H and O–H groups in total. The zero-order valence-electron chi connectivity index (χ0n) is 13.8. The number of nitrogens with one attached hydrogen (secondary N) is 1. The lowest BCUT2D eigenvalue weighted by atomic mass is 9.83. The topological polar surface area (TPSA) is 116 Å². The summed E-state index contributed by atoms with van der Waals surface area (Å²) >= 11 is 1.58. The van der Waals surface area contributed by atoms with Gasteiger partial charge in [0.05, 0.1) is 18.1 Å². The van der Waals surface area contributed by atoms with Crippen LogP contribution in [0.3, 0.4) is 0 Å². The van der Waals surface area contributed by atoms with E-state index in [0.29, 0.717) is 24.3 Å². The van der Waals surface area contributed by atoms with E-state index in [0.717, 1.165) is 30.7 Å². The lowest BCUT2D eigenvalue weighted by Gasteiger charge is -2.44. The van der Waals surface area contributed by atoms with Crippen molar-refractivity contribution in [3.05, 3.63) is 10.6 Å². The third kappa shape index (κ3) is 3.08. The smallest absolute Gasteiger partial charge is 0.353 e. The van der Waals surface area contributed by atoms with Crippen LogP contribution in [0.5, 0.6) is 0 Å². The molecule has 3 heterocycles. The number of β-lactam (4-membered cyclic amide) rings is 1. The number of nitrogens with two attached hydrogens (primary N) is 1. The molecule has 2 fully saturated rings. The van der Waals surface area contributed by atoms with Gasteiger partial charge in [0.2, 0.25) is 5.91 Å². The fraction of sp³-hybridized carbons (Fsp3) is 0.750. The molecule has 2 saturated heterocycles. The van der Waals surface area contributed by atoms with Crippen molar-refractivity contribution in [3.63, 3.8) is 0 Å². The first kappa shape index (κ1) is 17.7. The number of aliphatic carboxylic acids is 1. The number of aliphatic hydroxyl groups excluding tert-OH is 1. The van der Waals surface area contributed by atoms with E-state index >= 15 is 0 Å². The molecule has 24 heavy (non-hydrogen) atoms. The maximum Gasteiger partial charge on any atom is 0.353 e. The minimum atomic E-state index is -1.05. The number of nitrogens with zero attached hydrogens (tertiary/aromatic N) is 1. The number of carboxylic acid groups (broad SMARTS) is 1. The summed E-state index contributed by atoms with van der Waals surface area (Å²) in [5.74, 6) is -1.80. The predicted octanol–water partition coefficient (Wildman–Crippen LogP) is 0.0967. The van der Waals surface area contributed by atoms with Gasteiger partial charge in [0.1, 0.15) is 5.70 Å². The maximum absolute atomic E-state index is 12.2. The Labute approximate surface area is 145 Å². The quantitative estimate of drug-likeness (QED) is 0.479. The van der Waals surface area contributed by atoms with Crippen molar-refractivity contribution in [2.45, 2.75) is 56.0 Å². The molecule has 0 aromatic rings. The summed E-state index contributed by atoms with van der Waals surface area (Å²) in [6.45, 7) is 3.12. The lowest BCUT2D eigenvalue weighted by Crippen LogP contribution is -2.61. The molecule has 7 nitrogen and oxygen atoms in total. The fourth-order valence-corrected chi connectivity index (χ4v) is 5.47. The average molecular weight is 355 g/mol. The van der Waals surface area contributed by atoms with Crippen LogP contribution in [0.1, 0.15) is 32.6 Å². The Bertz CT molecular complexity index is 566. The molecule has 8 heteroatoms. The Morgan fingerprint density at radius 3 is 2.92 bits per heavy atom. The molecule has 0 aromatic carbocycles. The van der Waals surface area contributed by atoms with Crippen LogP contribution in [0.15, 0.2) is 10.6 Å². The number of carbonyl (C=O) groups is 2. The second-order valence-electron chi connectivity index (χ2n) is 6.83. The lowest BCUT2D eigenvalue weighted by molar-refractivity contribution is -0.161. The molecular formula is C16H25N3O4S. The van der Waals surface area contributed by atoms with Crippen LogP contribution in [0, 0.1) is 5.92 Å². The summed E-state index contributed by atoms with van der Waals surface area (Å²) in [4.78, 5) is 26.0. The molecule has 0 radical (unpaired) electrons. The molecular weight excluding hydrogens is 330 g/mol. The maximum atomic E-state index is 12.2. The largest absolute Gasteiger partial charge is 0.477 e. The highest BCUT2D eigenvalue weighted by atomic mass is 32.2. The van der Waals surface area contributed by atoms with Gasteiger partial charge >= 0.3 is 5.97 Å². The van der Waals surface area contributed by atoms with Crippen LogP contribution in [0.25, 0.3) is 0 Å². The summed E-state index contributed by atoms with van der Waals surface area (Å²) < 4.78 is 0. The predicted molar refractivity (Wildman–Crippen MR) is 91.2 cm³/mol. The van der Waals surface area contributed by atoms with E-state index in [-0.39, 0.29) is 17.6 Å². The minimum absolute atomic E-state index is 0.123. The highest BCUT2D eigenvalue weighted by Crippen LogP contribution is 2.48. The van der Waals surface area contributed by atoms with Gasteiger partial charge in [0, 0.05) is 29.2 Å². The molecule has 134 valence electrons. The van der Waals surface area contributed by atoms with Crippen molar-refractivity contribution in [3.8, 4) is 0 Å². The number of aliphatic hydroxyl groups is 1. The highest BCUT2D eigenvalue weighted by molar-refractivity contribution is 8.03. The Hall–Kier alpha value is -1.09. The Morgan fingerprint density at radius 2 is 2.29 bits per heavy atom. The number of fused-ring (bicyclic) bond motifs is 1. The number of amides is 1. The van der Waals surface area contributed by atoms with Gasteiger partial charge in [-0.15, -0.1) is 11.8 Å². The molecule has 3 rings (SSSR count).